The van der Waals surface area contributed by atoms with Crippen LogP contribution in [0, 0.1) is 11.7 Å². The van der Waals surface area contributed by atoms with Gasteiger partial charge in [-0.15, -0.1) is 0 Å². The number of aromatic carboxylic acids is 1. The van der Waals surface area contributed by atoms with E-state index in [0.29, 0.717) is 13.1 Å². The van der Waals surface area contributed by atoms with E-state index in [4.69, 9.17) is 5.11 Å². The summed E-state index contributed by atoms with van der Waals surface area (Å²) in [5.41, 5.74) is -0.533. The van der Waals surface area contributed by atoms with Crippen LogP contribution in [0.2, 0.25) is 0 Å². The van der Waals surface area contributed by atoms with Gasteiger partial charge in [-0.25, -0.2) is 17.6 Å². The molecule has 0 bridgehead atoms. The van der Waals surface area contributed by atoms with Crippen LogP contribution in [0.15, 0.2) is 23.1 Å². The summed E-state index contributed by atoms with van der Waals surface area (Å²) in [6, 6.07) is 2.93. The molecule has 1 heterocycles. The van der Waals surface area contributed by atoms with Gasteiger partial charge in [0.2, 0.25) is 10.0 Å². The summed E-state index contributed by atoms with van der Waals surface area (Å²) < 4.78 is 40.4. The van der Waals surface area contributed by atoms with Crippen molar-refractivity contribution in [2.24, 2.45) is 5.92 Å². The molecule has 24 heavy (non-hydrogen) atoms. The maximum atomic E-state index is 13.8. The van der Waals surface area contributed by atoms with Gasteiger partial charge in [0.1, 0.15) is 5.82 Å². The van der Waals surface area contributed by atoms with Gasteiger partial charge in [-0.05, 0) is 50.6 Å². The van der Waals surface area contributed by atoms with Crippen molar-refractivity contribution in [3.8, 4) is 0 Å². The molecule has 1 aromatic rings. The number of hydrogen-bond acceptors (Lipinski definition) is 4. The molecule has 1 aliphatic rings. The van der Waals surface area contributed by atoms with E-state index in [1.54, 1.807) is 0 Å². The predicted octanol–water partition coefficient (Wildman–Crippen LogP) is 1.88. The van der Waals surface area contributed by atoms with Crippen molar-refractivity contribution in [1.82, 2.24) is 9.21 Å². The van der Waals surface area contributed by atoms with Gasteiger partial charge in [-0.3, -0.25) is 0 Å². The summed E-state index contributed by atoms with van der Waals surface area (Å²) in [6.45, 7) is 4.68. The van der Waals surface area contributed by atoms with E-state index in [2.05, 4.69) is 11.8 Å². The van der Waals surface area contributed by atoms with Crippen LogP contribution in [0.5, 0.6) is 0 Å². The van der Waals surface area contributed by atoms with Gasteiger partial charge in [-0.1, -0.05) is 6.92 Å². The molecule has 0 radical (unpaired) electrons. The third kappa shape index (κ3) is 4.12. The number of carbonyl (C=O) groups is 1. The molecule has 0 aliphatic carbocycles. The maximum absolute atomic E-state index is 13.8. The smallest absolute Gasteiger partial charge is 0.338 e. The Kier molecular flexibility index (Phi) is 5.95. The predicted molar refractivity (Wildman–Crippen MR) is 88.0 cm³/mol. The van der Waals surface area contributed by atoms with Crippen molar-refractivity contribution in [3.05, 3.63) is 29.6 Å². The van der Waals surface area contributed by atoms with Gasteiger partial charge in [0.25, 0.3) is 0 Å². The monoisotopic (exact) mass is 358 g/mol. The average Bonchev–Trinajstić information content (AvgIpc) is 2.96. The molecule has 1 N–H and O–H groups in total. The van der Waals surface area contributed by atoms with E-state index in [0.717, 1.165) is 44.1 Å². The second-order valence-electron chi connectivity index (χ2n) is 6.23. The highest BCUT2D eigenvalue weighted by Gasteiger charge is 2.33. The average molecular weight is 358 g/mol. The van der Waals surface area contributed by atoms with E-state index in [1.807, 2.05) is 7.05 Å². The Morgan fingerprint density at radius 1 is 1.46 bits per heavy atom. The van der Waals surface area contributed by atoms with Crippen LogP contribution in [-0.2, 0) is 10.0 Å². The molecule has 1 atom stereocenters. The first-order valence-electron chi connectivity index (χ1n) is 7.97. The minimum absolute atomic E-state index is 0.201. The summed E-state index contributed by atoms with van der Waals surface area (Å²) >= 11 is 0. The normalized spacial score (nSPS) is 19.1. The molecule has 0 amide bonds. The maximum Gasteiger partial charge on any atom is 0.338 e. The fourth-order valence-corrected chi connectivity index (χ4v) is 4.60. The molecular weight excluding hydrogens is 335 g/mol. The minimum Gasteiger partial charge on any atom is -0.478 e. The van der Waals surface area contributed by atoms with E-state index in [1.165, 1.54) is 4.31 Å². The van der Waals surface area contributed by atoms with Gasteiger partial charge in [0, 0.05) is 19.6 Å². The standard InChI is InChI=1S/C16H23FN2O4S/c1-3-7-18(2)10-12-6-8-19(11-12)24(22,23)13-4-5-14(16(20)21)15(17)9-13/h4-5,9,12H,3,6-8,10-11H2,1-2H3,(H,20,21). The lowest BCUT2D eigenvalue weighted by Gasteiger charge is -2.21. The Labute approximate surface area is 141 Å². The fraction of sp³-hybridized carbons (Fsp3) is 0.562. The second-order valence-corrected chi connectivity index (χ2v) is 8.16. The summed E-state index contributed by atoms with van der Waals surface area (Å²) in [7, 11) is -1.79. The molecule has 8 heteroatoms. The summed E-state index contributed by atoms with van der Waals surface area (Å²) in [5, 5.41) is 8.83. The Balaban J connectivity index is 2.11. The van der Waals surface area contributed by atoms with E-state index >= 15 is 0 Å². The quantitative estimate of drug-likeness (QED) is 0.805. The van der Waals surface area contributed by atoms with E-state index in [-0.39, 0.29) is 10.8 Å². The lowest BCUT2D eigenvalue weighted by atomic mass is 10.1. The summed E-state index contributed by atoms with van der Waals surface area (Å²) in [4.78, 5) is 12.8. The van der Waals surface area contributed by atoms with Crippen molar-refractivity contribution in [2.75, 3.05) is 33.2 Å². The molecule has 1 unspecified atom stereocenters. The highest BCUT2D eigenvalue weighted by Crippen LogP contribution is 2.26. The van der Waals surface area contributed by atoms with Crippen molar-refractivity contribution < 1.29 is 22.7 Å². The van der Waals surface area contributed by atoms with Crippen LogP contribution in [0.3, 0.4) is 0 Å². The number of carboxylic acid groups (broad SMARTS) is 1. The zero-order chi connectivity index (χ0) is 17.9. The van der Waals surface area contributed by atoms with Crippen molar-refractivity contribution >= 4 is 16.0 Å². The third-order valence-electron chi connectivity index (χ3n) is 4.23. The zero-order valence-electron chi connectivity index (χ0n) is 13.9. The molecule has 1 fully saturated rings. The first kappa shape index (κ1) is 18.8. The van der Waals surface area contributed by atoms with Crippen molar-refractivity contribution in [3.63, 3.8) is 0 Å². The fourth-order valence-electron chi connectivity index (χ4n) is 3.06. The molecular formula is C16H23FN2O4S. The number of nitrogens with zero attached hydrogens (tertiary/aromatic N) is 2. The molecule has 1 saturated heterocycles. The van der Waals surface area contributed by atoms with Crippen molar-refractivity contribution in [1.29, 1.82) is 0 Å². The number of sulfonamides is 1. The largest absolute Gasteiger partial charge is 0.478 e. The number of halogens is 1. The van der Waals surface area contributed by atoms with Crippen molar-refractivity contribution in [2.45, 2.75) is 24.7 Å². The minimum atomic E-state index is -3.80. The molecule has 2 rings (SSSR count). The van der Waals surface area contributed by atoms with Gasteiger partial charge >= 0.3 is 5.97 Å². The van der Waals surface area contributed by atoms with Crippen LogP contribution in [0.4, 0.5) is 4.39 Å². The number of hydrogen-bond donors (Lipinski definition) is 1. The number of benzene rings is 1. The van der Waals surface area contributed by atoms with Crippen LogP contribution >= 0.6 is 0 Å². The molecule has 0 spiro atoms. The molecule has 0 aromatic heterocycles. The zero-order valence-corrected chi connectivity index (χ0v) is 14.7. The number of carboxylic acids is 1. The van der Waals surface area contributed by atoms with E-state index in [9.17, 15) is 17.6 Å². The first-order valence-corrected chi connectivity index (χ1v) is 9.41. The Morgan fingerprint density at radius 2 is 2.17 bits per heavy atom. The van der Waals surface area contributed by atoms with Gasteiger partial charge in [0.05, 0.1) is 10.5 Å². The number of rotatable bonds is 7. The second kappa shape index (κ2) is 7.58. The van der Waals surface area contributed by atoms with Crippen LogP contribution < -0.4 is 0 Å². The van der Waals surface area contributed by atoms with Gasteiger partial charge in [-0.2, -0.15) is 4.31 Å². The lowest BCUT2D eigenvalue weighted by molar-refractivity contribution is 0.0691. The van der Waals surface area contributed by atoms with Crippen LogP contribution in [-0.4, -0.2) is 61.9 Å². The lowest BCUT2D eigenvalue weighted by Crippen LogP contribution is -2.32. The highest BCUT2D eigenvalue weighted by molar-refractivity contribution is 7.89. The molecule has 134 valence electrons. The Morgan fingerprint density at radius 3 is 2.75 bits per heavy atom. The Bertz CT molecular complexity index is 708. The molecule has 0 saturated carbocycles. The molecule has 1 aromatic carbocycles. The molecule has 1 aliphatic heterocycles. The highest BCUT2D eigenvalue weighted by atomic mass is 32.2. The first-order chi connectivity index (χ1) is 11.3. The Hall–Kier alpha value is -1.51. The van der Waals surface area contributed by atoms with E-state index < -0.39 is 27.4 Å². The molecule has 6 nitrogen and oxygen atoms in total. The van der Waals surface area contributed by atoms with Gasteiger partial charge < -0.3 is 10.0 Å². The topological polar surface area (TPSA) is 77.9 Å². The van der Waals surface area contributed by atoms with Crippen LogP contribution in [0.1, 0.15) is 30.1 Å². The SMILES string of the molecule is CCCN(C)CC1CCN(S(=O)(=O)c2ccc(C(=O)O)c(F)c2)C1. The third-order valence-corrected chi connectivity index (χ3v) is 6.09. The summed E-state index contributed by atoms with van der Waals surface area (Å²) in [6.07, 6.45) is 1.81. The summed E-state index contributed by atoms with van der Waals surface area (Å²) in [5.74, 6) is -2.21. The van der Waals surface area contributed by atoms with Crippen LogP contribution in [0.25, 0.3) is 0 Å². The van der Waals surface area contributed by atoms with Gasteiger partial charge in [0.15, 0.2) is 0 Å².